The number of amides is 1. The number of hydrogen-bond acceptors (Lipinski definition) is 4. The zero-order valence-electron chi connectivity index (χ0n) is 12.2. The molecule has 5 heteroatoms. The van der Waals surface area contributed by atoms with Crippen molar-refractivity contribution >= 4 is 5.91 Å². The number of rotatable bonds is 4. The lowest BCUT2D eigenvalue weighted by atomic mass is 9.68. The molecule has 1 aliphatic heterocycles. The van der Waals surface area contributed by atoms with Gasteiger partial charge in [0.2, 0.25) is 0 Å². The Morgan fingerprint density at radius 1 is 1.43 bits per heavy atom. The average Bonchev–Trinajstić information content (AvgIpc) is 2.54. The molecule has 0 bridgehead atoms. The summed E-state index contributed by atoms with van der Waals surface area (Å²) in [5, 5.41) is 3.00. The third kappa shape index (κ3) is 2.69. The first-order valence-corrected chi connectivity index (χ1v) is 7.47. The quantitative estimate of drug-likeness (QED) is 0.867. The van der Waals surface area contributed by atoms with E-state index in [1.165, 1.54) is 7.11 Å². The molecule has 1 aliphatic carbocycles. The molecule has 0 radical (unpaired) electrons. The fourth-order valence-corrected chi connectivity index (χ4v) is 3.39. The topological polar surface area (TPSA) is 73.6 Å². The number of nitrogens with two attached hydrogens (primary N) is 1. The maximum Gasteiger partial charge on any atom is 0.254 e. The van der Waals surface area contributed by atoms with Crippen LogP contribution in [0.25, 0.3) is 0 Å². The van der Waals surface area contributed by atoms with Crippen molar-refractivity contribution in [2.45, 2.75) is 37.1 Å². The van der Waals surface area contributed by atoms with E-state index in [9.17, 15) is 4.79 Å². The molecule has 114 valence electrons. The predicted octanol–water partition coefficient (Wildman–Crippen LogP) is 0.995. The highest BCUT2D eigenvalue weighted by Gasteiger charge is 2.51. The van der Waals surface area contributed by atoms with Gasteiger partial charge in [0.1, 0.15) is 0 Å². The summed E-state index contributed by atoms with van der Waals surface area (Å²) in [5.41, 5.74) is 7.01. The summed E-state index contributed by atoms with van der Waals surface area (Å²) in [6.07, 6.45) is 1.59. The first kappa shape index (κ1) is 14.5. The summed E-state index contributed by atoms with van der Waals surface area (Å²) in [5.74, 6) is 0.221. The number of nitrogens with one attached hydrogen (secondary N) is 1. The van der Waals surface area contributed by atoms with Gasteiger partial charge in [-0.25, -0.2) is 0 Å². The highest BCUT2D eigenvalue weighted by molar-refractivity contribution is 5.82. The van der Waals surface area contributed by atoms with Gasteiger partial charge in [0.15, 0.2) is 6.10 Å². The summed E-state index contributed by atoms with van der Waals surface area (Å²) in [4.78, 5) is 12.5. The molecule has 1 saturated carbocycles. The molecule has 2 fully saturated rings. The second kappa shape index (κ2) is 6.13. The van der Waals surface area contributed by atoms with Crippen LogP contribution in [-0.4, -0.2) is 37.8 Å². The van der Waals surface area contributed by atoms with Gasteiger partial charge in [0.25, 0.3) is 5.91 Å². The average molecular weight is 290 g/mol. The SMILES string of the molecule is COC(C(=O)NC1C(N)C2CCCOC21)c1ccccc1. The van der Waals surface area contributed by atoms with E-state index in [0.717, 1.165) is 25.0 Å². The third-order valence-corrected chi connectivity index (χ3v) is 4.56. The Morgan fingerprint density at radius 3 is 2.90 bits per heavy atom. The lowest BCUT2D eigenvalue weighted by Gasteiger charge is -2.52. The molecule has 1 amide bonds. The molecule has 5 unspecified atom stereocenters. The Hall–Kier alpha value is -1.43. The molecular weight excluding hydrogens is 268 g/mol. The second-order valence-electron chi connectivity index (χ2n) is 5.78. The number of hydrogen-bond donors (Lipinski definition) is 2. The molecule has 1 saturated heterocycles. The Labute approximate surface area is 124 Å². The van der Waals surface area contributed by atoms with Crippen molar-refractivity contribution in [3.8, 4) is 0 Å². The van der Waals surface area contributed by atoms with E-state index in [2.05, 4.69) is 5.32 Å². The van der Waals surface area contributed by atoms with Crippen molar-refractivity contribution in [2.75, 3.05) is 13.7 Å². The smallest absolute Gasteiger partial charge is 0.254 e. The maximum absolute atomic E-state index is 12.5. The molecule has 5 atom stereocenters. The Kier molecular flexibility index (Phi) is 4.24. The molecule has 3 rings (SSSR count). The first-order valence-electron chi connectivity index (χ1n) is 7.47. The van der Waals surface area contributed by atoms with E-state index in [1.54, 1.807) is 0 Å². The van der Waals surface area contributed by atoms with Crippen LogP contribution >= 0.6 is 0 Å². The number of fused-ring (bicyclic) bond motifs is 1. The molecule has 5 nitrogen and oxygen atoms in total. The van der Waals surface area contributed by atoms with Gasteiger partial charge in [-0.3, -0.25) is 4.79 Å². The van der Waals surface area contributed by atoms with Gasteiger partial charge in [0.05, 0.1) is 12.1 Å². The van der Waals surface area contributed by atoms with Crippen molar-refractivity contribution in [3.05, 3.63) is 35.9 Å². The number of carbonyl (C=O) groups is 1. The first-order chi connectivity index (χ1) is 10.2. The zero-order valence-corrected chi connectivity index (χ0v) is 12.2. The van der Waals surface area contributed by atoms with Crippen molar-refractivity contribution in [3.63, 3.8) is 0 Å². The summed E-state index contributed by atoms with van der Waals surface area (Å²) in [6.45, 7) is 0.757. The van der Waals surface area contributed by atoms with Crippen LogP contribution < -0.4 is 11.1 Å². The van der Waals surface area contributed by atoms with E-state index in [1.807, 2.05) is 30.3 Å². The van der Waals surface area contributed by atoms with Crippen LogP contribution in [0, 0.1) is 5.92 Å². The Balaban J connectivity index is 1.65. The number of carbonyl (C=O) groups excluding carboxylic acids is 1. The highest BCUT2D eigenvalue weighted by atomic mass is 16.5. The lowest BCUT2D eigenvalue weighted by Crippen LogP contribution is -2.72. The van der Waals surface area contributed by atoms with E-state index in [4.69, 9.17) is 15.2 Å². The van der Waals surface area contributed by atoms with Gasteiger partial charge in [-0.2, -0.15) is 0 Å². The minimum Gasteiger partial charge on any atom is -0.376 e. The molecule has 2 aliphatic rings. The molecule has 1 aromatic carbocycles. The Morgan fingerprint density at radius 2 is 2.19 bits per heavy atom. The zero-order chi connectivity index (χ0) is 14.8. The van der Waals surface area contributed by atoms with Crippen molar-refractivity contribution in [1.29, 1.82) is 0 Å². The van der Waals surface area contributed by atoms with Gasteiger partial charge >= 0.3 is 0 Å². The van der Waals surface area contributed by atoms with Crippen molar-refractivity contribution in [1.82, 2.24) is 5.32 Å². The van der Waals surface area contributed by atoms with Crippen molar-refractivity contribution < 1.29 is 14.3 Å². The molecule has 1 aromatic rings. The van der Waals surface area contributed by atoms with E-state index in [0.29, 0.717) is 5.92 Å². The van der Waals surface area contributed by atoms with Gasteiger partial charge in [-0.15, -0.1) is 0 Å². The minimum absolute atomic E-state index is 0.0208. The molecular formula is C16H22N2O3. The standard InChI is InChI=1S/C16H22N2O3/c1-20-14(10-6-3-2-4-7-10)16(19)18-13-12(17)11-8-5-9-21-15(11)13/h2-4,6-7,11-15H,5,8-9,17H2,1H3,(H,18,19). The van der Waals surface area contributed by atoms with E-state index in [-0.39, 0.29) is 24.1 Å². The number of methoxy groups -OCH3 is 1. The van der Waals surface area contributed by atoms with Crippen LogP contribution in [0.2, 0.25) is 0 Å². The minimum atomic E-state index is -0.610. The largest absolute Gasteiger partial charge is 0.376 e. The molecule has 21 heavy (non-hydrogen) atoms. The summed E-state index contributed by atoms with van der Waals surface area (Å²) < 4.78 is 11.1. The number of benzene rings is 1. The predicted molar refractivity (Wildman–Crippen MR) is 78.6 cm³/mol. The lowest BCUT2D eigenvalue weighted by molar-refractivity contribution is -0.146. The van der Waals surface area contributed by atoms with Gasteiger partial charge in [0, 0.05) is 25.7 Å². The van der Waals surface area contributed by atoms with Crippen LogP contribution in [0.5, 0.6) is 0 Å². The normalized spacial score (nSPS) is 32.7. The molecule has 0 aromatic heterocycles. The van der Waals surface area contributed by atoms with E-state index >= 15 is 0 Å². The van der Waals surface area contributed by atoms with Crippen LogP contribution in [0.1, 0.15) is 24.5 Å². The maximum atomic E-state index is 12.5. The van der Waals surface area contributed by atoms with Gasteiger partial charge < -0.3 is 20.5 Å². The van der Waals surface area contributed by atoms with Crippen LogP contribution in [0.4, 0.5) is 0 Å². The van der Waals surface area contributed by atoms with Crippen LogP contribution in [-0.2, 0) is 14.3 Å². The summed E-state index contributed by atoms with van der Waals surface area (Å²) in [6, 6.07) is 9.34. The second-order valence-corrected chi connectivity index (χ2v) is 5.78. The summed E-state index contributed by atoms with van der Waals surface area (Å²) in [7, 11) is 1.54. The highest BCUT2D eigenvalue weighted by Crippen LogP contribution is 2.37. The summed E-state index contributed by atoms with van der Waals surface area (Å²) >= 11 is 0. The monoisotopic (exact) mass is 290 g/mol. The van der Waals surface area contributed by atoms with Crippen LogP contribution in [0.15, 0.2) is 30.3 Å². The fraction of sp³-hybridized carbons (Fsp3) is 0.562. The third-order valence-electron chi connectivity index (χ3n) is 4.56. The van der Waals surface area contributed by atoms with Crippen molar-refractivity contribution in [2.24, 2.45) is 11.7 Å². The van der Waals surface area contributed by atoms with Gasteiger partial charge in [-0.1, -0.05) is 30.3 Å². The Bertz CT molecular complexity index is 494. The van der Waals surface area contributed by atoms with Gasteiger partial charge in [-0.05, 0) is 18.4 Å². The molecule has 0 spiro atoms. The molecule has 1 heterocycles. The van der Waals surface area contributed by atoms with Crippen LogP contribution in [0.3, 0.4) is 0 Å². The fourth-order valence-electron chi connectivity index (χ4n) is 3.39. The number of ether oxygens (including phenoxy) is 2. The molecule has 3 N–H and O–H groups in total. The van der Waals surface area contributed by atoms with E-state index < -0.39 is 6.10 Å².